The smallest absolute Gasteiger partial charge is 0.352 e. The highest BCUT2D eigenvalue weighted by atomic mass is 32.1. The molecule has 0 aliphatic rings. The van der Waals surface area contributed by atoms with Crippen LogP contribution in [-0.2, 0) is 17.9 Å². The minimum Gasteiger partial charge on any atom is -0.477 e. The molecule has 2 heterocycles. The maximum atomic E-state index is 11.7. The van der Waals surface area contributed by atoms with Crippen LogP contribution in [0.25, 0.3) is 0 Å². The van der Waals surface area contributed by atoms with Crippen molar-refractivity contribution in [3.63, 3.8) is 0 Å². The van der Waals surface area contributed by atoms with Gasteiger partial charge in [0.1, 0.15) is 17.2 Å². The Labute approximate surface area is 113 Å². The summed E-state index contributed by atoms with van der Waals surface area (Å²) < 4.78 is 1.39. The molecule has 2 N–H and O–H groups in total. The van der Waals surface area contributed by atoms with Crippen molar-refractivity contribution in [1.29, 1.82) is 0 Å². The van der Waals surface area contributed by atoms with E-state index < -0.39 is 5.97 Å². The molecule has 100 valence electrons. The zero-order valence-electron chi connectivity index (χ0n) is 10.3. The third kappa shape index (κ3) is 3.41. The average molecular weight is 279 g/mol. The summed E-state index contributed by atoms with van der Waals surface area (Å²) in [5.41, 5.74) is 0.0974. The average Bonchev–Trinajstić information content (AvgIpc) is 2.95. The Bertz CT molecular complexity index is 603. The van der Waals surface area contributed by atoms with Gasteiger partial charge in [-0.25, -0.2) is 9.78 Å². The van der Waals surface area contributed by atoms with Crippen LogP contribution in [0.1, 0.15) is 20.4 Å². The van der Waals surface area contributed by atoms with Crippen LogP contribution in [0.4, 0.5) is 0 Å². The van der Waals surface area contributed by atoms with Crippen molar-refractivity contribution in [3.05, 3.63) is 40.1 Å². The molecule has 2 rings (SSSR count). The third-order valence-electron chi connectivity index (χ3n) is 2.47. The Morgan fingerprint density at radius 1 is 1.53 bits per heavy atom. The first-order chi connectivity index (χ1) is 9.06. The van der Waals surface area contributed by atoms with Crippen LogP contribution >= 0.6 is 11.3 Å². The topological polar surface area (TPSA) is 84.2 Å². The van der Waals surface area contributed by atoms with E-state index in [4.69, 9.17) is 5.11 Å². The predicted molar refractivity (Wildman–Crippen MR) is 70.1 cm³/mol. The molecule has 1 amide bonds. The first-order valence-electron chi connectivity index (χ1n) is 5.62. The van der Waals surface area contributed by atoms with Crippen molar-refractivity contribution >= 4 is 23.2 Å². The largest absolute Gasteiger partial charge is 0.477 e. The summed E-state index contributed by atoms with van der Waals surface area (Å²) >= 11 is 1.52. The van der Waals surface area contributed by atoms with Gasteiger partial charge in [0.05, 0.1) is 6.54 Å². The quantitative estimate of drug-likeness (QED) is 0.863. The van der Waals surface area contributed by atoms with Crippen molar-refractivity contribution < 1.29 is 14.7 Å². The van der Waals surface area contributed by atoms with E-state index in [9.17, 15) is 9.59 Å². The number of rotatable bonds is 5. The molecule has 0 radical (unpaired) electrons. The van der Waals surface area contributed by atoms with E-state index in [2.05, 4.69) is 10.3 Å². The Balaban J connectivity index is 1.90. The Kier molecular flexibility index (Phi) is 3.96. The molecule has 7 heteroatoms. The van der Waals surface area contributed by atoms with E-state index in [1.54, 1.807) is 18.5 Å². The fourth-order valence-corrected chi connectivity index (χ4v) is 2.34. The Hall–Kier alpha value is -2.15. The van der Waals surface area contributed by atoms with E-state index in [1.165, 1.54) is 22.0 Å². The summed E-state index contributed by atoms with van der Waals surface area (Å²) in [6, 6.07) is 3.06. The molecule has 0 aliphatic heterocycles. The van der Waals surface area contributed by atoms with E-state index >= 15 is 0 Å². The summed E-state index contributed by atoms with van der Waals surface area (Å²) in [6.45, 7) is 2.29. The Morgan fingerprint density at radius 2 is 2.32 bits per heavy atom. The number of thiazole rings is 1. The summed E-state index contributed by atoms with van der Waals surface area (Å²) in [5.74, 6) is -1.29. The van der Waals surface area contributed by atoms with Crippen molar-refractivity contribution in [2.24, 2.45) is 0 Å². The van der Waals surface area contributed by atoms with Crippen molar-refractivity contribution in [1.82, 2.24) is 14.9 Å². The van der Waals surface area contributed by atoms with E-state index in [0.717, 1.165) is 9.88 Å². The molecule has 0 bridgehead atoms. The monoisotopic (exact) mass is 279 g/mol. The van der Waals surface area contributed by atoms with Gasteiger partial charge in [0.15, 0.2) is 0 Å². The van der Waals surface area contributed by atoms with Crippen LogP contribution in [0.3, 0.4) is 0 Å². The summed E-state index contributed by atoms with van der Waals surface area (Å²) in [6.07, 6.45) is 3.32. The second-order valence-corrected chi connectivity index (χ2v) is 5.29. The molecule has 6 nitrogen and oxygen atoms in total. The molecule has 0 atom stereocenters. The zero-order valence-corrected chi connectivity index (χ0v) is 11.1. The van der Waals surface area contributed by atoms with Crippen LogP contribution in [-0.4, -0.2) is 26.5 Å². The Morgan fingerprint density at radius 3 is 2.95 bits per heavy atom. The molecule has 0 spiro atoms. The molecule has 0 aliphatic carbocycles. The number of carbonyl (C=O) groups is 2. The number of carbonyl (C=O) groups excluding carboxylic acids is 1. The highest BCUT2D eigenvalue weighted by Crippen LogP contribution is 2.10. The zero-order chi connectivity index (χ0) is 13.8. The van der Waals surface area contributed by atoms with Crippen LogP contribution in [0.2, 0.25) is 0 Å². The second kappa shape index (κ2) is 5.66. The maximum absolute atomic E-state index is 11.7. The van der Waals surface area contributed by atoms with Gasteiger partial charge in [0.2, 0.25) is 5.91 Å². The molecular weight excluding hydrogens is 266 g/mol. The summed E-state index contributed by atoms with van der Waals surface area (Å²) in [7, 11) is 0. The lowest BCUT2D eigenvalue weighted by molar-refractivity contribution is -0.121. The predicted octanol–water partition coefficient (Wildman–Crippen LogP) is 1.27. The van der Waals surface area contributed by atoms with E-state index in [-0.39, 0.29) is 18.1 Å². The van der Waals surface area contributed by atoms with Gasteiger partial charge >= 0.3 is 5.97 Å². The molecule has 2 aromatic heterocycles. The van der Waals surface area contributed by atoms with E-state index in [1.807, 2.05) is 6.92 Å². The lowest BCUT2D eigenvalue weighted by atomic mass is 10.4. The van der Waals surface area contributed by atoms with Gasteiger partial charge in [0.25, 0.3) is 0 Å². The van der Waals surface area contributed by atoms with Gasteiger partial charge in [0, 0.05) is 17.3 Å². The minimum atomic E-state index is -1.05. The van der Waals surface area contributed by atoms with Crippen LogP contribution < -0.4 is 5.32 Å². The van der Waals surface area contributed by atoms with Gasteiger partial charge in [-0.05, 0) is 19.1 Å². The normalized spacial score (nSPS) is 10.4. The highest BCUT2D eigenvalue weighted by Gasteiger charge is 2.11. The number of carboxylic acids is 1. The molecule has 0 fully saturated rings. The molecular formula is C12H13N3O3S. The highest BCUT2D eigenvalue weighted by molar-refractivity contribution is 7.11. The van der Waals surface area contributed by atoms with Crippen LogP contribution in [0.5, 0.6) is 0 Å². The van der Waals surface area contributed by atoms with E-state index in [0.29, 0.717) is 6.54 Å². The van der Waals surface area contributed by atoms with Gasteiger partial charge < -0.3 is 15.0 Å². The molecule has 0 aromatic carbocycles. The standard InChI is InChI=1S/C12H13N3O3S/c1-8-5-14-11(19-8)6-13-10(16)7-15-4-2-3-9(15)12(17)18/h2-5H,6-7H2,1H3,(H,13,16)(H,17,18). The third-order valence-corrected chi connectivity index (χ3v) is 3.38. The lowest BCUT2D eigenvalue weighted by Crippen LogP contribution is -2.27. The van der Waals surface area contributed by atoms with Crippen molar-refractivity contribution in [2.75, 3.05) is 0 Å². The van der Waals surface area contributed by atoms with Gasteiger partial charge in [-0.3, -0.25) is 4.79 Å². The molecule has 19 heavy (non-hydrogen) atoms. The number of amides is 1. The summed E-state index contributed by atoms with van der Waals surface area (Å²) in [4.78, 5) is 27.8. The van der Waals surface area contributed by atoms with Gasteiger partial charge in [-0.2, -0.15) is 0 Å². The number of hydrogen-bond acceptors (Lipinski definition) is 4. The van der Waals surface area contributed by atoms with Crippen molar-refractivity contribution in [3.8, 4) is 0 Å². The SMILES string of the molecule is Cc1cnc(CNC(=O)Cn2cccc2C(=O)O)s1. The number of hydrogen-bond donors (Lipinski definition) is 2. The van der Waals surface area contributed by atoms with Gasteiger partial charge in [-0.1, -0.05) is 0 Å². The minimum absolute atomic E-state index is 0.0149. The first-order valence-corrected chi connectivity index (χ1v) is 6.44. The second-order valence-electron chi connectivity index (χ2n) is 3.97. The van der Waals surface area contributed by atoms with Gasteiger partial charge in [-0.15, -0.1) is 11.3 Å². The molecule has 2 aromatic rings. The maximum Gasteiger partial charge on any atom is 0.352 e. The number of carboxylic acid groups (broad SMARTS) is 1. The molecule has 0 saturated heterocycles. The first kappa shape index (κ1) is 13.3. The number of nitrogens with zero attached hydrogens (tertiary/aromatic N) is 2. The summed E-state index contributed by atoms with van der Waals surface area (Å²) in [5, 5.41) is 12.5. The van der Waals surface area contributed by atoms with Crippen LogP contribution in [0, 0.1) is 6.92 Å². The van der Waals surface area contributed by atoms with Crippen molar-refractivity contribution in [2.45, 2.75) is 20.0 Å². The lowest BCUT2D eigenvalue weighted by Gasteiger charge is -2.06. The number of aromatic nitrogens is 2. The number of aromatic carboxylic acids is 1. The number of nitrogens with one attached hydrogen (secondary N) is 1. The number of aryl methyl sites for hydroxylation is 1. The fourth-order valence-electron chi connectivity index (χ4n) is 1.61. The van der Waals surface area contributed by atoms with Crippen LogP contribution in [0.15, 0.2) is 24.5 Å². The fraction of sp³-hybridized carbons (Fsp3) is 0.250. The molecule has 0 saturated carbocycles. The molecule has 0 unspecified atom stereocenters.